The fraction of sp³-hybridized carbons (Fsp3) is 1.00. The molecule has 1 N–H and O–H groups in total. The summed E-state index contributed by atoms with van der Waals surface area (Å²) in [6.07, 6.45) is 15.9. The summed E-state index contributed by atoms with van der Waals surface area (Å²) < 4.78 is 16.7. The molecule has 0 aromatic heterocycles. The van der Waals surface area contributed by atoms with Gasteiger partial charge in [-0.2, -0.15) is 0 Å². The molecule has 1 heterocycles. The molecule has 0 saturated carbocycles. The highest BCUT2D eigenvalue weighted by atomic mass is 16.7. The van der Waals surface area contributed by atoms with E-state index in [0.29, 0.717) is 19.8 Å². The van der Waals surface area contributed by atoms with Crippen LogP contribution in [0.2, 0.25) is 0 Å². The van der Waals surface area contributed by atoms with Crippen molar-refractivity contribution < 1.29 is 19.3 Å². The van der Waals surface area contributed by atoms with E-state index in [1.807, 2.05) is 0 Å². The molecule has 0 radical (unpaired) electrons. The van der Waals surface area contributed by atoms with Gasteiger partial charge in [-0.1, -0.05) is 71.1 Å². The molecule has 1 aliphatic heterocycles. The van der Waals surface area contributed by atoms with Crippen molar-refractivity contribution in [3.8, 4) is 0 Å². The zero-order valence-electron chi connectivity index (χ0n) is 15.1. The third kappa shape index (κ3) is 11.9. The smallest absolute Gasteiger partial charge is 0.157 e. The van der Waals surface area contributed by atoms with Crippen LogP contribution in [0.1, 0.15) is 84.0 Å². The molecule has 1 fully saturated rings. The number of hydrogen-bond donors (Lipinski definition) is 1. The van der Waals surface area contributed by atoms with Gasteiger partial charge >= 0.3 is 0 Å². The summed E-state index contributed by atoms with van der Waals surface area (Å²) in [4.78, 5) is 0. The van der Waals surface area contributed by atoms with Crippen molar-refractivity contribution in [2.75, 3.05) is 26.4 Å². The van der Waals surface area contributed by atoms with Crippen LogP contribution >= 0.6 is 0 Å². The van der Waals surface area contributed by atoms with Gasteiger partial charge in [0.15, 0.2) is 6.29 Å². The van der Waals surface area contributed by atoms with Gasteiger partial charge in [-0.15, -0.1) is 0 Å². The van der Waals surface area contributed by atoms with Gasteiger partial charge in [0.05, 0.1) is 26.4 Å². The number of aliphatic hydroxyl groups is 1. The van der Waals surface area contributed by atoms with Crippen LogP contribution in [0.15, 0.2) is 0 Å². The number of hydrogen-bond acceptors (Lipinski definition) is 4. The first-order valence-electron chi connectivity index (χ1n) is 9.82. The Balaban J connectivity index is 1.80. The lowest BCUT2D eigenvalue weighted by Gasteiger charge is -2.29. The van der Waals surface area contributed by atoms with E-state index in [1.54, 1.807) is 0 Å². The maximum atomic E-state index is 8.71. The summed E-state index contributed by atoms with van der Waals surface area (Å²) in [5.41, 5.74) is 0. The fourth-order valence-electron chi connectivity index (χ4n) is 2.98. The van der Waals surface area contributed by atoms with E-state index < -0.39 is 0 Å². The molecule has 0 aromatic rings. The molecular formula is C19H38O4. The molecule has 1 aliphatic rings. The van der Waals surface area contributed by atoms with Crippen LogP contribution in [0.25, 0.3) is 0 Å². The van der Waals surface area contributed by atoms with Crippen LogP contribution in [-0.4, -0.2) is 43.9 Å². The largest absolute Gasteiger partial charge is 0.394 e. The van der Waals surface area contributed by atoms with Gasteiger partial charge in [0.2, 0.25) is 0 Å². The van der Waals surface area contributed by atoms with Gasteiger partial charge < -0.3 is 19.3 Å². The maximum absolute atomic E-state index is 8.71. The maximum Gasteiger partial charge on any atom is 0.157 e. The van der Waals surface area contributed by atoms with Crippen molar-refractivity contribution in [3.05, 3.63) is 0 Å². The predicted octanol–water partition coefficient (Wildman–Crippen LogP) is 4.44. The lowest BCUT2D eigenvalue weighted by molar-refractivity contribution is -0.229. The molecule has 0 amide bonds. The highest BCUT2D eigenvalue weighted by Gasteiger charge is 2.21. The SMILES string of the molecule is CCCCCCCCCCCCCC1OCC(OCCO)CO1. The quantitative estimate of drug-likeness (QED) is 0.451. The van der Waals surface area contributed by atoms with Crippen molar-refractivity contribution in [1.29, 1.82) is 0 Å². The Bertz CT molecular complexity index is 240. The summed E-state index contributed by atoms with van der Waals surface area (Å²) >= 11 is 0. The number of ether oxygens (including phenoxy) is 3. The number of rotatable bonds is 15. The van der Waals surface area contributed by atoms with Crippen molar-refractivity contribution in [1.82, 2.24) is 0 Å². The molecule has 0 spiro atoms. The van der Waals surface area contributed by atoms with Crippen LogP contribution < -0.4 is 0 Å². The van der Waals surface area contributed by atoms with Crippen LogP contribution in [0.3, 0.4) is 0 Å². The van der Waals surface area contributed by atoms with Gasteiger partial charge in [0, 0.05) is 0 Å². The first-order valence-corrected chi connectivity index (χ1v) is 9.82. The first-order chi connectivity index (χ1) is 11.4. The molecule has 4 heteroatoms. The Kier molecular flexibility index (Phi) is 14.0. The minimum atomic E-state index is -0.0532. The molecule has 138 valence electrons. The average Bonchev–Trinajstić information content (AvgIpc) is 2.59. The topological polar surface area (TPSA) is 47.9 Å². The second kappa shape index (κ2) is 15.4. The van der Waals surface area contributed by atoms with Gasteiger partial charge in [-0.05, 0) is 12.8 Å². The molecule has 1 saturated heterocycles. The summed E-state index contributed by atoms with van der Waals surface area (Å²) in [5, 5.41) is 8.71. The predicted molar refractivity (Wildman–Crippen MR) is 93.6 cm³/mol. The number of unbranched alkanes of at least 4 members (excludes halogenated alkanes) is 10. The van der Waals surface area contributed by atoms with Crippen LogP contribution in [0.5, 0.6) is 0 Å². The highest BCUT2D eigenvalue weighted by molar-refractivity contribution is 4.63. The van der Waals surface area contributed by atoms with Crippen LogP contribution in [-0.2, 0) is 14.2 Å². The second-order valence-electron chi connectivity index (χ2n) is 6.64. The molecule has 0 aromatic carbocycles. The van der Waals surface area contributed by atoms with E-state index in [2.05, 4.69) is 6.92 Å². The van der Waals surface area contributed by atoms with Gasteiger partial charge in [-0.25, -0.2) is 0 Å². The Labute approximate surface area is 142 Å². The molecule has 0 unspecified atom stereocenters. The molecule has 0 bridgehead atoms. The van der Waals surface area contributed by atoms with E-state index in [9.17, 15) is 0 Å². The molecule has 1 rings (SSSR count). The molecule has 23 heavy (non-hydrogen) atoms. The molecular weight excluding hydrogens is 292 g/mol. The van der Waals surface area contributed by atoms with Gasteiger partial charge in [0.25, 0.3) is 0 Å². The Morgan fingerprint density at radius 3 is 1.87 bits per heavy atom. The normalized spacial score (nSPS) is 21.7. The fourth-order valence-corrected chi connectivity index (χ4v) is 2.98. The Morgan fingerprint density at radius 1 is 0.826 bits per heavy atom. The Hall–Kier alpha value is -0.160. The first kappa shape index (κ1) is 20.9. The van der Waals surface area contributed by atoms with E-state index in [0.717, 1.165) is 6.42 Å². The molecule has 0 aliphatic carbocycles. The number of aliphatic hydroxyl groups excluding tert-OH is 1. The van der Waals surface area contributed by atoms with Crippen molar-refractivity contribution in [2.45, 2.75) is 96.4 Å². The monoisotopic (exact) mass is 330 g/mol. The minimum absolute atomic E-state index is 0.0178. The third-order valence-corrected chi connectivity index (χ3v) is 4.42. The zero-order chi connectivity index (χ0) is 16.6. The highest BCUT2D eigenvalue weighted by Crippen LogP contribution is 2.16. The van der Waals surface area contributed by atoms with E-state index >= 15 is 0 Å². The van der Waals surface area contributed by atoms with Crippen LogP contribution in [0.4, 0.5) is 0 Å². The van der Waals surface area contributed by atoms with Gasteiger partial charge in [0.1, 0.15) is 6.10 Å². The van der Waals surface area contributed by atoms with Crippen molar-refractivity contribution >= 4 is 0 Å². The molecule has 0 atom stereocenters. The second-order valence-corrected chi connectivity index (χ2v) is 6.64. The van der Waals surface area contributed by atoms with Crippen molar-refractivity contribution in [3.63, 3.8) is 0 Å². The summed E-state index contributed by atoms with van der Waals surface area (Å²) in [7, 11) is 0. The third-order valence-electron chi connectivity index (χ3n) is 4.42. The average molecular weight is 331 g/mol. The van der Waals surface area contributed by atoms with E-state index in [-0.39, 0.29) is 19.0 Å². The minimum Gasteiger partial charge on any atom is -0.394 e. The van der Waals surface area contributed by atoms with Crippen molar-refractivity contribution in [2.24, 2.45) is 0 Å². The Morgan fingerprint density at radius 2 is 1.35 bits per heavy atom. The molecule has 4 nitrogen and oxygen atoms in total. The standard InChI is InChI=1S/C19H38O4/c1-2-3-4-5-6-7-8-9-10-11-12-13-19-22-16-18(17-23-19)21-15-14-20/h18-20H,2-17H2,1H3. The lowest BCUT2D eigenvalue weighted by atomic mass is 10.1. The zero-order valence-corrected chi connectivity index (χ0v) is 15.1. The van der Waals surface area contributed by atoms with E-state index in [4.69, 9.17) is 19.3 Å². The van der Waals surface area contributed by atoms with Gasteiger partial charge in [-0.3, -0.25) is 0 Å². The summed E-state index contributed by atoms with van der Waals surface area (Å²) in [6.45, 7) is 3.86. The summed E-state index contributed by atoms with van der Waals surface area (Å²) in [6, 6.07) is 0. The lowest BCUT2D eigenvalue weighted by Crippen LogP contribution is -2.37. The van der Waals surface area contributed by atoms with Crippen LogP contribution in [0, 0.1) is 0 Å². The summed E-state index contributed by atoms with van der Waals surface area (Å²) in [5.74, 6) is 0. The van der Waals surface area contributed by atoms with E-state index in [1.165, 1.54) is 70.6 Å².